The van der Waals surface area contributed by atoms with Gasteiger partial charge < -0.3 is 15.3 Å². The van der Waals surface area contributed by atoms with Gasteiger partial charge in [0.1, 0.15) is 5.82 Å². The Morgan fingerprint density at radius 2 is 1.88 bits per heavy atom. The number of aliphatic hydroxyl groups excluding tert-OH is 1. The molecule has 0 radical (unpaired) electrons. The number of carbonyl (C=O) groups excluding carboxylic acids is 1. The Hall–Kier alpha value is -2.40. The molecule has 1 fully saturated rings. The van der Waals surface area contributed by atoms with E-state index in [9.17, 15) is 14.3 Å². The first-order chi connectivity index (χ1) is 12.0. The van der Waals surface area contributed by atoms with Gasteiger partial charge in [-0.25, -0.2) is 9.18 Å². The summed E-state index contributed by atoms with van der Waals surface area (Å²) in [5.74, 6) is -0.301. The van der Waals surface area contributed by atoms with Crippen molar-refractivity contribution in [3.05, 3.63) is 65.5 Å². The number of piperidine rings is 1. The Morgan fingerprint density at radius 3 is 2.52 bits per heavy atom. The standard InChI is InChI=1S/C20H23FN2O2/c1-14-7-8-18(17(21)13-14)22-20(25)23-11-9-16(10-12-23)19(24)15-5-3-2-4-6-15/h2-8,13,16,19,24H,9-12H2,1H3,(H,22,25). The normalized spacial score (nSPS) is 16.5. The lowest BCUT2D eigenvalue weighted by Crippen LogP contribution is -2.42. The summed E-state index contributed by atoms with van der Waals surface area (Å²) in [7, 11) is 0. The van der Waals surface area contributed by atoms with Crippen molar-refractivity contribution in [2.45, 2.75) is 25.9 Å². The number of urea groups is 1. The number of benzene rings is 2. The zero-order valence-electron chi connectivity index (χ0n) is 14.3. The summed E-state index contributed by atoms with van der Waals surface area (Å²) in [4.78, 5) is 14.0. The van der Waals surface area contributed by atoms with E-state index in [4.69, 9.17) is 0 Å². The topological polar surface area (TPSA) is 52.6 Å². The molecule has 0 aliphatic carbocycles. The first-order valence-corrected chi connectivity index (χ1v) is 8.59. The molecule has 2 aromatic carbocycles. The predicted octanol–water partition coefficient (Wildman–Crippen LogP) is 4.11. The van der Waals surface area contributed by atoms with E-state index in [1.165, 1.54) is 6.07 Å². The number of rotatable bonds is 3. The molecule has 132 valence electrons. The highest BCUT2D eigenvalue weighted by Gasteiger charge is 2.28. The molecule has 1 unspecified atom stereocenters. The van der Waals surface area contributed by atoms with Gasteiger partial charge >= 0.3 is 6.03 Å². The molecular weight excluding hydrogens is 319 g/mol. The van der Waals surface area contributed by atoms with Crippen LogP contribution in [0.1, 0.15) is 30.1 Å². The van der Waals surface area contributed by atoms with E-state index in [2.05, 4.69) is 5.32 Å². The second-order valence-electron chi connectivity index (χ2n) is 6.59. The molecule has 1 atom stereocenters. The summed E-state index contributed by atoms with van der Waals surface area (Å²) in [6.45, 7) is 2.90. The molecule has 25 heavy (non-hydrogen) atoms. The van der Waals surface area contributed by atoms with Crippen molar-refractivity contribution in [1.29, 1.82) is 0 Å². The molecule has 3 rings (SSSR count). The van der Waals surface area contributed by atoms with Crippen LogP contribution < -0.4 is 5.32 Å². The SMILES string of the molecule is Cc1ccc(NC(=O)N2CCC(C(O)c3ccccc3)CC2)c(F)c1. The summed E-state index contributed by atoms with van der Waals surface area (Å²) in [6, 6.07) is 14.0. The minimum absolute atomic E-state index is 0.127. The molecule has 0 spiro atoms. The maximum absolute atomic E-state index is 13.9. The molecule has 4 nitrogen and oxygen atoms in total. The van der Waals surface area contributed by atoms with Crippen LogP contribution in [0.25, 0.3) is 0 Å². The predicted molar refractivity (Wildman–Crippen MR) is 95.9 cm³/mol. The minimum Gasteiger partial charge on any atom is -0.388 e. The number of nitrogens with zero attached hydrogens (tertiary/aromatic N) is 1. The smallest absolute Gasteiger partial charge is 0.321 e. The number of aliphatic hydroxyl groups is 1. The molecule has 2 amide bonds. The lowest BCUT2D eigenvalue weighted by molar-refractivity contribution is 0.0683. The number of likely N-dealkylation sites (tertiary alicyclic amines) is 1. The Kier molecular flexibility index (Phi) is 5.34. The molecule has 2 aromatic rings. The fraction of sp³-hybridized carbons (Fsp3) is 0.350. The van der Waals surface area contributed by atoms with Crippen LogP contribution >= 0.6 is 0 Å². The van der Waals surface area contributed by atoms with E-state index in [0.29, 0.717) is 13.1 Å². The van der Waals surface area contributed by atoms with Crippen molar-refractivity contribution in [2.75, 3.05) is 18.4 Å². The third kappa shape index (κ3) is 4.17. The second-order valence-corrected chi connectivity index (χ2v) is 6.59. The van der Waals surface area contributed by atoms with E-state index in [1.807, 2.05) is 30.3 Å². The Morgan fingerprint density at radius 1 is 1.20 bits per heavy atom. The Balaban J connectivity index is 1.55. The van der Waals surface area contributed by atoms with Gasteiger partial charge in [-0.15, -0.1) is 0 Å². The summed E-state index contributed by atoms with van der Waals surface area (Å²) in [5.41, 5.74) is 1.92. The van der Waals surface area contributed by atoms with Gasteiger partial charge in [-0.2, -0.15) is 0 Å². The van der Waals surface area contributed by atoms with Crippen molar-refractivity contribution in [3.63, 3.8) is 0 Å². The number of hydrogen-bond donors (Lipinski definition) is 2. The molecule has 0 aromatic heterocycles. The molecule has 1 saturated heterocycles. The van der Waals surface area contributed by atoms with Gasteiger partial charge in [0.2, 0.25) is 0 Å². The first-order valence-electron chi connectivity index (χ1n) is 8.59. The lowest BCUT2D eigenvalue weighted by Gasteiger charge is -2.34. The maximum atomic E-state index is 13.9. The Labute approximate surface area is 147 Å². The molecule has 0 saturated carbocycles. The van der Waals surface area contributed by atoms with Crippen molar-refractivity contribution < 1.29 is 14.3 Å². The van der Waals surface area contributed by atoms with Crippen LogP contribution in [0.5, 0.6) is 0 Å². The van der Waals surface area contributed by atoms with Crippen molar-refractivity contribution in [3.8, 4) is 0 Å². The lowest BCUT2D eigenvalue weighted by atomic mass is 9.87. The fourth-order valence-electron chi connectivity index (χ4n) is 3.26. The van der Waals surface area contributed by atoms with E-state index < -0.39 is 11.9 Å². The minimum atomic E-state index is -0.513. The van der Waals surface area contributed by atoms with E-state index in [-0.39, 0.29) is 17.6 Å². The molecule has 2 N–H and O–H groups in total. The average Bonchev–Trinajstić information content (AvgIpc) is 2.64. The highest BCUT2D eigenvalue weighted by Crippen LogP contribution is 2.30. The second kappa shape index (κ2) is 7.66. The number of halogens is 1. The van der Waals surface area contributed by atoms with Crippen LogP contribution in [-0.4, -0.2) is 29.1 Å². The average molecular weight is 342 g/mol. The number of carbonyl (C=O) groups is 1. The number of hydrogen-bond acceptors (Lipinski definition) is 2. The zero-order chi connectivity index (χ0) is 17.8. The molecular formula is C20H23FN2O2. The number of nitrogens with one attached hydrogen (secondary N) is 1. The van der Waals surface area contributed by atoms with Crippen LogP contribution in [0.4, 0.5) is 14.9 Å². The molecule has 1 aliphatic heterocycles. The van der Waals surface area contributed by atoms with Gasteiger partial charge in [0.25, 0.3) is 0 Å². The third-order valence-corrected chi connectivity index (χ3v) is 4.78. The van der Waals surface area contributed by atoms with Crippen LogP contribution in [0.3, 0.4) is 0 Å². The van der Waals surface area contributed by atoms with Gasteiger partial charge in [0.15, 0.2) is 0 Å². The highest BCUT2D eigenvalue weighted by molar-refractivity contribution is 5.89. The van der Waals surface area contributed by atoms with Crippen LogP contribution in [-0.2, 0) is 0 Å². The zero-order valence-corrected chi connectivity index (χ0v) is 14.3. The highest BCUT2D eigenvalue weighted by atomic mass is 19.1. The van der Waals surface area contributed by atoms with Gasteiger partial charge in [-0.05, 0) is 48.9 Å². The van der Waals surface area contributed by atoms with E-state index >= 15 is 0 Å². The quantitative estimate of drug-likeness (QED) is 0.882. The van der Waals surface area contributed by atoms with Gasteiger partial charge in [0.05, 0.1) is 11.8 Å². The van der Waals surface area contributed by atoms with Crippen LogP contribution in [0, 0.1) is 18.7 Å². The number of aryl methyl sites for hydroxylation is 1. The first kappa shape index (κ1) is 17.4. The molecule has 0 bridgehead atoms. The van der Waals surface area contributed by atoms with Crippen molar-refractivity contribution in [2.24, 2.45) is 5.92 Å². The van der Waals surface area contributed by atoms with E-state index in [0.717, 1.165) is 24.0 Å². The van der Waals surface area contributed by atoms with Crippen molar-refractivity contribution in [1.82, 2.24) is 4.90 Å². The third-order valence-electron chi connectivity index (χ3n) is 4.78. The number of anilines is 1. The largest absolute Gasteiger partial charge is 0.388 e. The molecule has 1 aliphatic rings. The number of amides is 2. The summed E-state index contributed by atoms with van der Waals surface area (Å²) in [6.07, 6.45) is 0.931. The summed E-state index contributed by atoms with van der Waals surface area (Å²) < 4.78 is 13.9. The van der Waals surface area contributed by atoms with Crippen molar-refractivity contribution >= 4 is 11.7 Å². The molecule has 1 heterocycles. The maximum Gasteiger partial charge on any atom is 0.321 e. The van der Waals surface area contributed by atoms with Crippen LogP contribution in [0.15, 0.2) is 48.5 Å². The van der Waals surface area contributed by atoms with Crippen LogP contribution in [0.2, 0.25) is 0 Å². The summed E-state index contributed by atoms with van der Waals surface area (Å²) in [5, 5.41) is 13.1. The monoisotopic (exact) mass is 342 g/mol. The van der Waals surface area contributed by atoms with Gasteiger partial charge in [0, 0.05) is 13.1 Å². The Bertz CT molecular complexity index is 728. The van der Waals surface area contributed by atoms with E-state index in [1.54, 1.807) is 24.0 Å². The summed E-state index contributed by atoms with van der Waals surface area (Å²) >= 11 is 0. The van der Waals surface area contributed by atoms with Gasteiger partial charge in [-0.1, -0.05) is 36.4 Å². The van der Waals surface area contributed by atoms with Gasteiger partial charge in [-0.3, -0.25) is 0 Å². The fourth-order valence-corrected chi connectivity index (χ4v) is 3.26. The molecule has 5 heteroatoms.